The minimum absolute atomic E-state index is 0.127. The second-order valence-electron chi connectivity index (χ2n) is 3.91. The maximum absolute atomic E-state index is 10.4. The number of hydrogen-bond acceptors (Lipinski definition) is 2. The first kappa shape index (κ1) is 9.52. The molecule has 1 rings (SSSR count). The molecule has 1 aliphatic carbocycles. The van der Waals surface area contributed by atoms with Gasteiger partial charge >= 0.3 is 5.97 Å². The Balaban J connectivity index is 2.50. The molecule has 1 atom stereocenters. The smallest absolute Gasteiger partial charge is 0.306 e. The highest BCUT2D eigenvalue weighted by Crippen LogP contribution is 2.35. The molecule has 0 aromatic carbocycles. The van der Waals surface area contributed by atoms with Crippen LogP contribution in [0.15, 0.2) is 0 Å². The van der Waals surface area contributed by atoms with Crippen LogP contribution in [-0.4, -0.2) is 21.8 Å². The van der Waals surface area contributed by atoms with Gasteiger partial charge in [-0.05, 0) is 25.7 Å². The molecular formula is C9H16O3. The Hall–Kier alpha value is -0.570. The standard InChI is InChI=1S/C9H16O3/c1-9(12,6-8(10)11)7-4-2-3-5-7/h7,12H,2-6H2,1H3,(H,10,11). The molecule has 0 bridgehead atoms. The Morgan fingerprint density at radius 1 is 1.50 bits per heavy atom. The Morgan fingerprint density at radius 2 is 2.00 bits per heavy atom. The second-order valence-corrected chi connectivity index (χ2v) is 3.91. The molecule has 0 heterocycles. The average Bonchev–Trinajstić information content (AvgIpc) is 2.32. The number of hydrogen-bond donors (Lipinski definition) is 2. The van der Waals surface area contributed by atoms with Crippen LogP contribution in [0.4, 0.5) is 0 Å². The van der Waals surface area contributed by atoms with Crippen molar-refractivity contribution in [3.8, 4) is 0 Å². The van der Waals surface area contributed by atoms with E-state index < -0.39 is 11.6 Å². The van der Waals surface area contributed by atoms with Crippen LogP contribution in [0.5, 0.6) is 0 Å². The van der Waals surface area contributed by atoms with E-state index in [0.717, 1.165) is 25.7 Å². The number of carboxylic acid groups (broad SMARTS) is 1. The van der Waals surface area contributed by atoms with Crippen molar-refractivity contribution in [2.75, 3.05) is 0 Å². The molecule has 0 saturated heterocycles. The highest BCUT2D eigenvalue weighted by Gasteiger charge is 2.35. The van der Waals surface area contributed by atoms with Crippen molar-refractivity contribution in [3.63, 3.8) is 0 Å². The average molecular weight is 172 g/mol. The molecule has 3 heteroatoms. The van der Waals surface area contributed by atoms with Gasteiger partial charge in [-0.15, -0.1) is 0 Å². The van der Waals surface area contributed by atoms with Crippen molar-refractivity contribution >= 4 is 5.97 Å². The number of carboxylic acids is 1. The van der Waals surface area contributed by atoms with Crippen LogP contribution < -0.4 is 0 Å². The van der Waals surface area contributed by atoms with E-state index in [2.05, 4.69) is 0 Å². The lowest BCUT2D eigenvalue weighted by atomic mass is 9.85. The summed E-state index contributed by atoms with van der Waals surface area (Å²) >= 11 is 0. The highest BCUT2D eigenvalue weighted by molar-refractivity contribution is 5.68. The summed E-state index contributed by atoms with van der Waals surface area (Å²) in [5, 5.41) is 18.4. The third-order valence-corrected chi connectivity index (χ3v) is 2.74. The van der Waals surface area contributed by atoms with Gasteiger partial charge in [-0.25, -0.2) is 0 Å². The molecule has 0 aliphatic heterocycles. The van der Waals surface area contributed by atoms with Crippen LogP contribution in [0.2, 0.25) is 0 Å². The Labute approximate surface area is 72.4 Å². The van der Waals surface area contributed by atoms with Gasteiger partial charge in [-0.2, -0.15) is 0 Å². The summed E-state index contributed by atoms with van der Waals surface area (Å²) in [6, 6.07) is 0. The van der Waals surface area contributed by atoms with Crippen molar-refractivity contribution in [1.29, 1.82) is 0 Å². The molecule has 0 aromatic heterocycles. The van der Waals surface area contributed by atoms with E-state index in [1.54, 1.807) is 6.92 Å². The van der Waals surface area contributed by atoms with Crippen LogP contribution in [-0.2, 0) is 4.79 Å². The summed E-state index contributed by atoms with van der Waals surface area (Å²) in [4.78, 5) is 10.4. The molecule has 0 radical (unpaired) electrons. The normalized spacial score (nSPS) is 23.8. The van der Waals surface area contributed by atoms with Gasteiger partial charge in [-0.3, -0.25) is 4.79 Å². The monoisotopic (exact) mass is 172 g/mol. The highest BCUT2D eigenvalue weighted by atomic mass is 16.4. The Bertz CT molecular complexity index is 169. The summed E-state index contributed by atoms with van der Waals surface area (Å²) in [6.45, 7) is 1.64. The number of carbonyl (C=O) groups is 1. The summed E-state index contributed by atoms with van der Waals surface area (Å²) < 4.78 is 0. The molecule has 3 nitrogen and oxygen atoms in total. The van der Waals surface area contributed by atoms with Gasteiger partial charge in [-0.1, -0.05) is 12.8 Å². The molecule has 0 amide bonds. The fourth-order valence-corrected chi connectivity index (χ4v) is 2.00. The van der Waals surface area contributed by atoms with Gasteiger partial charge in [0.1, 0.15) is 0 Å². The van der Waals surface area contributed by atoms with Gasteiger partial charge in [0.05, 0.1) is 12.0 Å². The quantitative estimate of drug-likeness (QED) is 0.676. The number of aliphatic hydroxyl groups is 1. The van der Waals surface area contributed by atoms with Crippen LogP contribution in [0, 0.1) is 5.92 Å². The predicted molar refractivity (Wildman–Crippen MR) is 44.8 cm³/mol. The third kappa shape index (κ3) is 2.21. The minimum Gasteiger partial charge on any atom is -0.481 e. The summed E-state index contributed by atoms with van der Waals surface area (Å²) in [5.74, 6) is -0.722. The van der Waals surface area contributed by atoms with E-state index in [1.165, 1.54) is 0 Å². The van der Waals surface area contributed by atoms with Crippen molar-refractivity contribution in [3.05, 3.63) is 0 Å². The lowest BCUT2D eigenvalue weighted by Gasteiger charge is -2.28. The van der Waals surface area contributed by atoms with Gasteiger partial charge < -0.3 is 10.2 Å². The SMILES string of the molecule is CC(O)(CC(=O)O)C1CCCC1. The molecule has 2 N–H and O–H groups in total. The van der Waals surface area contributed by atoms with Crippen molar-refractivity contribution in [1.82, 2.24) is 0 Å². The summed E-state index contributed by atoms with van der Waals surface area (Å²) in [5.41, 5.74) is -0.998. The van der Waals surface area contributed by atoms with Crippen LogP contribution in [0.3, 0.4) is 0 Å². The van der Waals surface area contributed by atoms with Crippen LogP contribution in [0.1, 0.15) is 39.0 Å². The largest absolute Gasteiger partial charge is 0.481 e. The zero-order valence-electron chi connectivity index (χ0n) is 7.42. The third-order valence-electron chi connectivity index (χ3n) is 2.74. The van der Waals surface area contributed by atoms with Gasteiger partial charge in [0, 0.05) is 0 Å². The maximum atomic E-state index is 10.4. The van der Waals surface area contributed by atoms with Crippen molar-refractivity contribution < 1.29 is 15.0 Å². The maximum Gasteiger partial charge on any atom is 0.306 e. The van der Waals surface area contributed by atoms with Crippen molar-refractivity contribution in [2.45, 2.75) is 44.6 Å². The predicted octanol–water partition coefficient (Wildman–Crippen LogP) is 1.40. The van der Waals surface area contributed by atoms with Crippen molar-refractivity contribution in [2.24, 2.45) is 5.92 Å². The fraction of sp³-hybridized carbons (Fsp3) is 0.889. The van der Waals surface area contributed by atoms with Gasteiger partial charge in [0.25, 0.3) is 0 Å². The lowest BCUT2D eigenvalue weighted by Crippen LogP contribution is -2.35. The zero-order chi connectivity index (χ0) is 9.19. The molecule has 1 aliphatic rings. The van der Waals surface area contributed by atoms with E-state index in [9.17, 15) is 9.90 Å². The summed E-state index contributed by atoms with van der Waals surface area (Å²) in [7, 11) is 0. The van der Waals surface area contributed by atoms with E-state index in [4.69, 9.17) is 5.11 Å². The molecule has 1 fully saturated rings. The van der Waals surface area contributed by atoms with E-state index in [1.807, 2.05) is 0 Å². The van der Waals surface area contributed by atoms with E-state index in [-0.39, 0.29) is 12.3 Å². The van der Waals surface area contributed by atoms with Gasteiger partial charge in [0.2, 0.25) is 0 Å². The molecular weight excluding hydrogens is 156 g/mol. The fourth-order valence-electron chi connectivity index (χ4n) is 2.00. The molecule has 0 spiro atoms. The molecule has 12 heavy (non-hydrogen) atoms. The van der Waals surface area contributed by atoms with Crippen LogP contribution in [0.25, 0.3) is 0 Å². The Morgan fingerprint density at radius 3 is 2.42 bits per heavy atom. The minimum atomic E-state index is -0.998. The molecule has 70 valence electrons. The van der Waals surface area contributed by atoms with E-state index in [0.29, 0.717) is 0 Å². The molecule has 1 saturated carbocycles. The topological polar surface area (TPSA) is 57.5 Å². The first-order valence-electron chi connectivity index (χ1n) is 4.46. The molecule has 0 aromatic rings. The number of aliphatic carboxylic acids is 1. The zero-order valence-corrected chi connectivity index (χ0v) is 7.42. The van der Waals surface area contributed by atoms with Crippen LogP contribution >= 0.6 is 0 Å². The Kier molecular flexibility index (Phi) is 2.73. The second kappa shape index (κ2) is 3.44. The first-order chi connectivity index (χ1) is 5.52. The summed E-state index contributed by atoms with van der Waals surface area (Å²) in [6.07, 6.45) is 4.07. The lowest BCUT2D eigenvalue weighted by molar-refractivity contribution is -0.144. The van der Waals surface area contributed by atoms with Gasteiger partial charge in [0.15, 0.2) is 0 Å². The van der Waals surface area contributed by atoms with E-state index >= 15 is 0 Å². The number of rotatable bonds is 3. The molecule has 1 unspecified atom stereocenters. The first-order valence-corrected chi connectivity index (χ1v) is 4.46.